The van der Waals surface area contributed by atoms with E-state index in [4.69, 9.17) is 4.74 Å². The van der Waals surface area contributed by atoms with Crippen LogP contribution in [0.25, 0.3) is 0 Å². The molecule has 1 aliphatic rings. The number of nitrogens with zero attached hydrogens (tertiary/aromatic N) is 1. The maximum Gasteiger partial charge on any atom is 0.339 e. The number of hydrogen-bond donors (Lipinski definition) is 0. The van der Waals surface area contributed by atoms with Gasteiger partial charge >= 0.3 is 5.97 Å². The van der Waals surface area contributed by atoms with E-state index < -0.39 is 12.1 Å². The van der Waals surface area contributed by atoms with Crippen LogP contribution in [0.2, 0.25) is 0 Å². The Bertz CT molecular complexity index is 492. The van der Waals surface area contributed by atoms with Crippen LogP contribution in [-0.4, -0.2) is 36.0 Å². The molecule has 0 radical (unpaired) electrons. The number of amides is 1. The number of carbonyl (C=O) groups is 2. The molecule has 4 heteroatoms. The van der Waals surface area contributed by atoms with E-state index in [1.807, 2.05) is 32.0 Å². The zero-order chi connectivity index (χ0) is 14.5. The molecule has 1 heterocycles. The summed E-state index contributed by atoms with van der Waals surface area (Å²) in [6.07, 6.45) is 1.62. The van der Waals surface area contributed by atoms with Gasteiger partial charge in [-0.05, 0) is 24.5 Å². The van der Waals surface area contributed by atoms with E-state index in [0.717, 1.165) is 18.4 Å². The van der Waals surface area contributed by atoms with Crippen molar-refractivity contribution >= 4 is 11.9 Å². The first-order valence-electron chi connectivity index (χ1n) is 7.25. The summed E-state index contributed by atoms with van der Waals surface area (Å²) in [6, 6.07) is 7.33. The maximum absolute atomic E-state index is 12.5. The molecular formula is C16H21NO3. The number of ether oxygens (including phenoxy) is 1. The molecular weight excluding hydrogens is 254 g/mol. The topological polar surface area (TPSA) is 46.6 Å². The summed E-state index contributed by atoms with van der Waals surface area (Å²) in [5.74, 6) is -0.463. The summed E-state index contributed by atoms with van der Waals surface area (Å²) in [6.45, 7) is 5.50. The summed E-state index contributed by atoms with van der Waals surface area (Å²) in [4.78, 5) is 26.2. The number of cyclic esters (lactones) is 1. The van der Waals surface area contributed by atoms with Crippen LogP contribution >= 0.6 is 0 Å². The normalized spacial score (nSPS) is 17.3. The minimum Gasteiger partial charge on any atom is -0.448 e. The van der Waals surface area contributed by atoms with Gasteiger partial charge in [0.15, 0.2) is 6.10 Å². The first-order chi connectivity index (χ1) is 9.67. The summed E-state index contributed by atoms with van der Waals surface area (Å²) in [7, 11) is 0. The van der Waals surface area contributed by atoms with E-state index in [9.17, 15) is 9.59 Å². The molecule has 0 saturated carbocycles. The Labute approximate surface area is 119 Å². The van der Waals surface area contributed by atoms with Gasteiger partial charge in [-0.25, -0.2) is 4.79 Å². The summed E-state index contributed by atoms with van der Waals surface area (Å²) < 4.78 is 5.32. The molecule has 1 aromatic rings. The number of rotatable bonds is 5. The zero-order valence-electron chi connectivity index (χ0n) is 12.1. The molecule has 108 valence electrons. The van der Waals surface area contributed by atoms with Crippen molar-refractivity contribution in [2.24, 2.45) is 0 Å². The molecule has 0 aromatic heterocycles. The van der Waals surface area contributed by atoms with Crippen molar-refractivity contribution in [1.29, 1.82) is 0 Å². The molecule has 1 atom stereocenters. The standard InChI is InChI=1S/C16H21NO3/c1-3-9-17(10-4-2)15(18)14-11-12-7-5-6-8-13(12)16(19)20-14/h5-8,14H,3-4,9-11H2,1-2H3. The van der Waals surface area contributed by atoms with Crippen LogP contribution in [0.15, 0.2) is 24.3 Å². The lowest BCUT2D eigenvalue weighted by Gasteiger charge is -2.29. The Morgan fingerprint density at radius 2 is 1.90 bits per heavy atom. The molecule has 0 spiro atoms. The Morgan fingerprint density at radius 1 is 1.25 bits per heavy atom. The van der Waals surface area contributed by atoms with Crippen molar-refractivity contribution in [2.45, 2.75) is 39.2 Å². The lowest BCUT2D eigenvalue weighted by atomic mass is 9.98. The summed E-state index contributed by atoms with van der Waals surface area (Å²) in [5, 5.41) is 0. The van der Waals surface area contributed by atoms with Gasteiger partial charge in [-0.3, -0.25) is 4.79 Å². The zero-order valence-corrected chi connectivity index (χ0v) is 12.1. The molecule has 1 aliphatic heterocycles. The fourth-order valence-electron chi connectivity index (χ4n) is 2.54. The lowest BCUT2D eigenvalue weighted by Crippen LogP contribution is -2.45. The van der Waals surface area contributed by atoms with E-state index in [1.54, 1.807) is 11.0 Å². The highest BCUT2D eigenvalue weighted by Crippen LogP contribution is 2.21. The Balaban J connectivity index is 2.14. The third-order valence-electron chi connectivity index (χ3n) is 3.47. The number of fused-ring (bicyclic) bond motifs is 1. The van der Waals surface area contributed by atoms with Crippen molar-refractivity contribution in [3.05, 3.63) is 35.4 Å². The van der Waals surface area contributed by atoms with Gasteiger partial charge in [0.25, 0.3) is 5.91 Å². The van der Waals surface area contributed by atoms with Crippen LogP contribution in [-0.2, 0) is 16.0 Å². The van der Waals surface area contributed by atoms with Crippen molar-refractivity contribution in [1.82, 2.24) is 4.90 Å². The lowest BCUT2D eigenvalue weighted by molar-refractivity contribution is -0.141. The molecule has 1 aromatic carbocycles. The third kappa shape index (κ3) is 3.00. The Hall–Kier alpha value is -1.84. The van der Waals surface area contributed by atoms with E-state index in [2.05, 4.69) is 0 Å². The van der Waals surface area contributed by atoms with Gasteiger partial charge < -0.3 is 9.64 Å². The SMILES string of the molecule is CCCN(CCC)C(=O)C1Cc2ccccc2C(=O)O1. The van der Waals surface area contributed by atoms with E-state index in [0.29, 0.717) is 25.1 Å². The van der Waals surface area contributed by atoms with Gasteiger partial charge in [0.2, 0.25) is 0 Å². The van der Waals surface area contributed by atoms with Gasteiger partial charge in [-0.2, -0.15) is 0 Å². The molecule has 0 saturated heterocycles. The highest BCUT2D eigenvalue weighted by Gasteiger charge is 2.33. The highest BCUT2D eigenvalue weighted by molar-refractivity contribution is 5.95. The van der Waals surface area contributed by atoms with Gasteiger partial charge in [0.05, 0.1) is 5.56 Å². The second-order valence-corrected chi connectivity index (χ2v) is 5.08. The molecule has 4 nitrogen and oxygen atoms in total. The fourth-order valence-corrected chi connectivity index (χ4v) is 2.54. The minimum absolute atomic E-state index is 0.0726. The van der Waals surface area contributed by atoms with Crippen LogP contribution in [0, 0.1) is 0 Å². The van der Waals surface area contributed by atoms with Crippen molar-refractivity contribution in [3.8, 4) is 0 Å². The average molecular weight is 275 g/mol. The molecule has 1 unspecified atom stereocenters. The Morgan fingerprint density at radius 3 is 2.55 bits per heavy atom. The number of esters is 1. The van der Waals surface area contributed by atoms with Crippen molar-refractivity contribution in [2.75, 3.05) is 13.1 Å². The summed E-state index contributed by atoms with van der Waals surface area (Å²) >= 11 is 0. The monoisotopic (exact) mass is 275 g/mol. The minimum atomic E-state index is -0.671. The van der Waals surface area contributed by atoms with E-state index in [1.165, 1.54) is 0 Å². The number of benzene rings is 1. The number of carbonyl (C=O) groups excluding carboxylic acids is 2. The molecule has 0 fully saturated rings. The Kier molecular flexibility index (Phi) is 4.77. The van der Waals surface area contributed by atoms with E-state index >= 15 is 0 Å². The van der Waals surface area contributed by atoms with Gasteiger partial charge in [0.1, 0.15) is 0 Å². The van der Waals surface area contributed by atoms with Gasteiger partial charge in [-0.15, -0.1) is 0 Å². The van der Waals surface area contributed by atoms with Crippen LogP contribution in [0.1, 0.15) is 42.6 Å². The molecule has 20 heavy (non-hydrogen) atoms. The first kappa shape index (κ1) is 14.6. The predicted molar refractivity (Wildman–Crippen MR) is 76.5 cm³/mol. The quantitative estimate of drug-likeness (QED) is 0.775. The van der Waals surface area contributed by atoms with E-state index in [-0.39, 0.29) is 5.91 Å². The molecule has 0 N–H and O–H groups in total. The molecule has 1 amide bonds. The fraction of sp³-hybridized carbons (Fsp3) is 0.500. The second kappa shape index (κ2) is 6.55. The van der Waals surface area contributed by atoms with Gasteiger partial charge in [-0.1, -0.05) is 32.0 Å². The second-order valence-electron chi connectivity index (χ2n) is 5.08. The smallest absolute Gasteiger partial charge is 0.339 e. The molecule has 0 bridgehead atoms. The molecule has 2 rings (SSSR count). The van der Waals surface area contributed by atoms with Crippen LogP contribution in [0.3, 0.4) is 0 Å². The maximum atomic E-state index is 12.5. The van der Waals surface area contributed by atoms with Crippen LogP contribution in [0.5, 0.6) is 0 Å². The van der Waals surface area contributed by atoms with Crippen LogP contribution in [0.4, 0.5) is 0 Å². The van der Waals surface area contributed by atoms with Crippen molar-refractivity contribution in [3.63, 3.8) is 0 Å². The first-order valence-corrected chi connectivity index (χ1v) is 7.25. The largest absolute Gasteiger partial charge is 0.448 e. The number of hydrogen-bond acceptors (Lipinski definition) is 3. The van der Waals surface area contributed by atoms with Gasteiger partial charge in [0, 0.05) is 19.5 Å². The highest BCUT2D eigenvalue weighted by atomic mass is 16.5. The molecule has 0 aliphatic carbocycles. The predicted octanol–water partition coefficient (Wildman–Crippen LogP) is 2.42. The van der Waals surface area contributed by atoms with Crippen LogP contribution < -0.4 is 0 Å². The third-order valence-corrected chi connectivity index (χ3v) is 3.47. The average Bonchev–Trinajstić information content (AvgIpc) is 2.46. The van der Waals surface area contributed by atoms with Crippen molar-refractivity contribution < 1.29 is 14.3 Å². The summed E-state index contributed by atoms with van der Waals surface area (Å²) in [5.41, 5.74) is 1.48.